The van der Waals surface area contributed by atoms with Crippen LogP contribution in [-0.2, 0) is 11.3 Å². The van der Waals surface area contributed by atoms with E-state index in [1.165, 1.54) is 0 Å². The summed E-state index contributed by atoms with van der Waals surface area (Å²) in [4.78, 5) is 16.5. The summed E-state index contributed by atoms with van der Waals surface area (Å²) in [5, 5.41) is 14.8. The Morgan fingerprint density at radius 1 is 1.42 bits per heavy atom. The second kappa shape index (κ2) is 9.55. The molecule has 1 heterocycles. The molecule has 0 radical (unpaired) electrons. The van der Waals surface area contributed by atoms with Crippen LogP contribution in [0.3, 0.4) is 0 Å². The molecule has 6 nitrogen and oxygen atoms in total. The van der Waals surface area contributed by atoms with Gasteiger partial charge in [-0.15, -0.1) is 11.3 Å². The maximum absolute atomic E-state index is 12.1. The van der Waals surface area contributed by atoms with Gasteiger partial charge in [-0.3, -0.25) is 4.79 Å². The number of benzene rings is 1. The van der Waals surface area contributed by atoms with Gasteiger partial charge < -0.3 is 14.8 Å². The highest BCUT2D eigenvalue weighted by Crippen LogP contribution is 2.36. The Kier molecular flexibility index (Phi) is 7.42. The van der Waals surface area contributed by atoms with Gasteiger partial charge >= 0.3 is 0 Å². The van der Waals surface area contributed by atoms with Gasteiger partial charge in [0.15, 0.2) is 18.1 Å². The van der Waals surface area contributed by atoms with Gasteiger partial charge in [0.1, 0.15) is 0 Å². The smallest absolute Gasteiger partial charge is 0.258 e. The van der Waals surface area contributed by atoms with Crippen molar-refractivity contribution in [2.45, 2.75) is 33.2 Å². The van der Waals surface area contributed by atoms with Crippen molar-refractivity contribution >= 4 is 33.2 Å². The molecule has 0 fully saturated rings. The highest BCUT2D eigenvalue weighted by molar-refractivity contribution is 9.10. The molecule has 1 amide bonds. The van der Waals surface area contributed by atoms with Gasteiger partial charge in [-0.2, -0.15) is 5.26 Å². The number of halogens is 1. The largest absolute Gasteiger partial charge is 0.490 e. The Morgan fingerprint density at radius 3 is 2.81 bits per heavy atom. The van der Waals surface area contributed by atoms with Gasteiger partial charge in [0, 0.05) is 17.4 Å². The summed E-state index contributed by atoms with van der Waals surface area (Å²) >= 11 is 4.94. The highest BCUT2D eigenvalue weighted by Gasteiger charge is 2.14. The zero-order valence-electron chi connectivity index (χ0n) is 14.8. The number of thiazole rings is 1. The Hall–Kier alpha value is -2.11. The van der Waals surface area contributed by atoms with Gasteiger partial charge in [-0.05, 0) is 28.9 Å². The zero-order valence-corrected chi connectivity index (χ0v) is 17.2. The topological polar surface area (TPSA) is 84.2 Å². The number of ether oxygens (including phenoxy) is 2. The van der Waals surface area contributed by atoms with Crippen molar-refractivity contribution in [3.63, 3.8) is 0 Å². The maximum atomic E-state index is 12.1. The molecule has 0 unspecified atom stereocenters. The molecule has 0 saturated carbocycles. The fourth-order valence-corrected chi connectivity index (χ4v) is 3.47. The van der Waals surface area contributed by atoms with Crippen LogP contribution in [0.25, 0.3) is 0 Å². The summed E-state index contributed by atoms with van der Waals surface area (Å²) in [7, 11) is 0. The Bertz CT molecular complexity index is 814. The van der Waals surface area contributed by atoms with Gasteiger partial charge in [-0.1, -0.05) is 13.8 Å². The second-order valence-corrected chi connectivity index (χ2v) is 7.47. The fourth-order valence-electron chi connectivity index (χ4n) is 2.08. The highest BCUT2D eigenvalue weighted by atomic mass is 79.9. The monoisotopic (exact) mass is 437 g/mol. The third-order valence-corrected chi connectivity index (χ3v) is 5.10. The van der Waals surface area contributed by atoms with E-state index in [4.69, 9.17) is 14.7 Å². The number of aromatic nitrogens is 1. The van der Waals surface area contributed by atoms with Crippen LogP contribution >= 0.6 is 27.3 Å². The van der Waals surface area contributed by atoms with E-state index in [2.05, 4.69) is 46.1 Å². The summed E-state index contributed by atoms with van der Waals surface area (Å²) in [6.07, 6.45) is 0. The van der Waals surface area contributed by atoms with Gasteiger partial charge in [-0.25, -0.2) is 4.98 Å². The molecule has 0 atom stereocenters. The number of rotatable bonds is 8. The van der Waals surface area contributed by atoms with Gasteiger partial charge in [0.2, 0.25) is 0 Å². The molecule has 0 bridgehead atoms. The average molecular weight is 438 g/mol. The van der Waals surface area contributed by atoms with Crippen molar-refractivity contribution in [2.24, 2.45) is 0 Å². The van der Waals surface area contributed by atoms with Crippen LogP contribution < -0.4 is 14.8 Å². The van der Waals surface area contributed by atoms with E-state index in [1.54, 1.807) is 23.5 Å². The second-order valence-electron chi connectivity index (χ2n) is 5.73. The number of carbonyl (C=O) groups excluding carboxylic acids is 1. The van der Waals surface area contributed by atoms with E-state index < -0.39 is 0 Å². The normalized spacial score (nSPS) is 10.5. The van der Waals surface area contributed by atoms with Gasteiger partial charge in [0.05, 0.1) is 40.0 Å². The lowest BCUT2D eigenvalue weighted by atomic mass is 10.2. The molecule has 0 spiro atoms. The first kappa shape index (κ1) is 20.2. The van der Waals surface area contributed by atoms with Crippen molar-refractivity contribution in [3.05, 3.63) is 38.3 Å². The lowest BCUT2D eigenvalue weighted by molar-refractivity contribution is -0.123. The van der Waals surface area contributed by atoms with Crippen molar-refractivity contribution in [1.29, 1.82) is 5.26 Å². The van der Waals surface area contributed by atoms with Crippen LogP contribution in [0, 0.1) is 11.3 Å². The van der Waals surface area contributed by atoms with Crippen molar-refractivity contribution in [2.75, 3.05) is 13.2 Å². The average Bonchev–Trinajstić information content (AvgIpc) is 3.08. The van der Waals surface area contributed by atoms with Crippen LogP contribution in [0.15, 0.2) is 22.0 Å². The summed E-state index contributed by atoms with van der Waals surface area (Å²) in [6.45, 7) is 6.62. The van der Waals surface area contributed by atoms with E-state index in [0.29, 0.717) is 40.6 Å². The summed E-state index contributed by atoms with van der Waals surface area (Å²) in [5.74, 6) is 0.936. The van der Waals surface area contributed by atoms with Gasteiger partial charge in [0.25, 0.3) is 5.91 Å². The van der Waals surface area contributed by atoms with Crippen molar-refractivity contribution in [1.82, 2.24) is 10.3 Å². The number of nitrogens with zero attached hydrogens (tertiary/aromatic N) is 2. The van der Waals surface area contributed by atoms with E-state index in [0.717, 1.165) is 10.7 Å². The molecular formula is C18H20BrN3O3S. The van der Waals surface area contributed by atoms with Crippen molar-refractivity contribution in [3.8, 4) is 17.6 Å². The predicted molar refractivity (Wildman–Crippen MR) is 104 cm³/mol. The predicted octanol–water partition coefficient (Wildman–Crippen LogP) is 3.99. The SMILES string of the molecule is CCOc1cc(C#N)cc(Br)c1OCC(=O)NCc1csc(C(C)C)n1. The van der Waals surface area contributed by atoms with E-state index in [-0.39, 0.29) is 12.5 Å². The summed E-state index contributed by atoms with van der Waals surface area (Å²) < 4.78 is 11.7. The van der Waals surface area contributed by atoms with E-state index in [9.17, 15) is 4.79 Å². The lowest BCUT2D eigenvalue weighted by Crippen LogP contribution is -2.28. The zero-order chi connectivity index (χ0) is 19.1. The molecule has 1 aromatic heterocycles. The van der Waals surface area contributed by atoms with Crippen LogP contribution in [0.5, 0.6) is 11.5 Å². The van der Waals surface area contributed by atoms with Crippen LogP contribution in [0.1, 0.15) is 43.0 Å². The minimum Gasteiger partial charge on any atom is -0.490 e. The molecule has 2 rings (SSSR count). The molecule has 0 aliphatic carbocycles. The molecule has 26 heavy (non-hydrogen) atoms. The quantitative estimate of drug-likeness (QED) is 0.674. The van der Waals surface area contributed by atoms with E-state index >= 15 is 0 Å². The molecule has 0 aliphatic rings. The minimum atomic E-state index is -0.261. The minimum absolute atomic E-state index is 0.161. The molecular weight excluding hydrogens is 418 g/mol. The number of amides is 1. The standard InChI is InChI=1S/C18H20BrN3O3S/c1-4-24-15-6-12(7-20)5-14(19)17(15)25-9-16(23)21-8-13-10-26-18(22-13)11(2)3/h5-6,10-11H,4,8-9H2,1-3H3,(H,21,23). The summed E-state index contributed by atoms with van der Waals surface area (Å²) in [6, 6.07) is 5.27. The maximum Gasteiger partial charge on any atom is 0.258 e. The number of carbonyl (C=O) groups is 1. The van der Waals surface area contributed by atoms with E-state index in [1.807, 2.05) is 12.3 Å². The summed E-state index contributed by atoms with van der Waals surface area (Å²) in [5.41, 5.74) is 1.28. The first-order chi connectivity index (χ1) is 12.4. The molecule has 1 aromatic carbocycles. The third kappa shape index (κ3) is 5.44. The number of hydrogen-bond acceptors (Lipinski definition) is 6. The lowest BCUT2D eigenvalue weighted by Gasteiger charge is -2.14. The fraction of sp³-hybridized carbons (Fsp3) is 0.389. The van der Waals surface area contributed by atoms with Crippen molar-refractivity contribution < 1.29 is 14.3 Å². The Balaban J connectivity index is 1.95. The first-order valence-corrected chi connectivity index (χ1v) is 9.82. The van der Waals surface area contributed by atoms with Crippen LogP contribution in [-0.4, -0.2) is 24.1 Å². The van der Waals surface area contributed by atoms with Crippen LogP contribution in [0.2, 0.25) is 0 Å². The Labute approximate surface area is 165 Å². The molecule has 138 valence electrons. The molecule has 0 saturated heterocycles. The molecule has 8 heteroatoms. The third-order valence-electron chi connectivity index (χ3n) is 3.32. The number of nitriles is 1. The number of nitrogens with one attached hydrogen (secondary N) is 1. The van der Waals surface area contributed by atoms with Crippen LogP contribution in [0.4, 0.5) is 0 Å². The number of hydrogen-bond donors (Lipinski definition) is 1. The first-order valence-electron chi connectivity index (χ1n) is 8.14. The Morgan fingerprint density at radius 2 is 2.19 bits per heavy atom. The molecule has 2 aromatic rings. The molecule has 1 N–H and O–H groups in total. The molecule has 0 aliphatic heterocycles.